The molecule has 1 aromatic carbocycles. The average Bonchev–Trinajstić information content (AvgIpc) is 2.92. The summed E-state index contributed by atoms with van der Waals surface area (Å²) in [6.07, 6.45) is 10.8. The second kappa shape index (κ2) is 4.84. The Labute approximate surface area is 146 Å². The number of nitrogens with one attached hydrogen (secondary N) is 1. The van der Waals surface area contributed by atoms with Crippen LogP contribution in [0.2, 0.25) is 0 Å². The zero-order valence-electron chi connectivity index (χ0n) is 13.5. The van der Waals surface area contributed by atoms with Crippen LogP contribution in [-0.2, 0) is 17.6 Å². The Morgan fingerprint density at radius 2 is 1.83 bits per heavy atom. The number of anilines is 1. The molecular formula is C20H24BrNO. The molecule has 4 bridgehead atoms. The number of fused-ring (bicyclic) bond motifs is 1. The summed E-state index contributed by atoms with van der Waals surface area (Å²) in [4.78, 5) is 13.2. The summed E-state index contributed by atoms with van der Waals surface area (Å²) in [5, 5.41) is 3.29. The fourth-order valence-electron chi connectivity index (χ4n) is 6.33. The van der Waals surface area contributed by atoms with Gasteiger partial charge in [-0.15, -0.1) is 0 Å². The lowest BCUT2D eigenvalue weighted by atomic mass is 9.49. The molecule has 5 aliphatic carbocycles. The third kappa shape index (κ3) is 2.30. The minimum absolute atomic E-state index is 0.118. The lowest BCUT2D eigenvalue weighted by molar-refractivity contribution is -0.138. The van der Waals surface area contributed by atoms with Gasteiger partial charge in [0.1, 0.15) is 0 Å². The van der Waals surface area contributed by atoms with Crippen LogP contribution in [0.1, 0.15) is 56.1 Å². The molecule has 4 fully saturated rings. The van der Waals surface area contributed by atoms with Gasteiger partial charge in [0, 0.05) is 10.0 Å². The summed E-state index contributed by atoms with van der Waals surface area (Å²) in [5.41, 5.74) is 3.80. The van der Waals surface area contributed by atoms with Crippen molar-refractivity contribution in [3.63, 3.8) is 0 Å². The number of carbonyl (C=O) groups excluding carboxylic acids is 1. The van der Waals surface area contributed by atoms with Crippen molar-refractivity contribution in [3.05, 3.63) is 29.3 Å². The SMILES string of the molecule is O=C(Nc1ccc2c(c1)CCC2)C12C[C@@H]3C[C@@H](CC(Br)(C3)C1)C2. The Morgan fingerprint density at radius 1 is 1.09 bits per heavy atom. The predicted octanol–water partition coefficient (Wildman–Crippen LogP) is 4.85. The first kappa shape index (κ1) is 14.5. The lowest BCUT2D eigenvalue weighted by Crippen LogP contribution is -2.57. The van der Waals surface area contributed by atoms with Crippen molar-refractivity contribution in [3.8, 4) is 0 Å². The van der Waals surface area contributed by atoms with Gasteiger partial charge < -0.3 is 5.32 Å². The van der Waals surface area contributed by atoms with Gasteiger partial charge in [-0.1, -0.05) is 22.0 Å². The van der Waals surface area contributed by atoms with Gasteiger partial charge >= 0.3 is 0 Å². The highest BCUT2D eigenvalue weighted by atomic mass is 79.9. The van der Waals surface area contributed by atoms with E-state index in [4.69, 9.17) is 0 Å². The normalized spacial score (nSPS) is 40.2. The van der Waals surface area contributed by atoms with E-state index in [1.54, 1.807) is 0 Å². The Kier molecular flexibility index (Phi) is 3.05. The molecule has 4 atom stereocenters. The van der Waals surface area contributed by atoms with Gasteiger partial charge in [-0.05, 0) is 92.9 Å². The van der Waals surface area contributed by atoms with E-state index in [2.05, 4.69) is 39.4 Å². The van der Waals surface area contributed by atoms with Gasteiger partial charge in [-0.3, -0.25) is 4.79 Å². The molecule has 0 heterocycles. The maximum absolute atomic E-state index is 13.2. The molecule has 0 radical (unpaired) electrons. The monoisotopic (exact) mass is 373 g/mol. The van der Waals surface area contributed by atoms with Crippen LogP contribution in [0.4, 0.5) is 5.69 Å². The summed E-state index contributed by atoms with van der Waals surface area (Å²) in [6.45, 7) is 0. The molecule has 23 heavy (non-hydrogen) atoms. The van der Waals surface area contributed by atoms with Crippen molar-refractivity contribution in [1.82, 2.24) is 0 Å². The van der Waals surface area contributed by atoms with Crippen LogP contribution in [0.3, 0.4) is 0 Å². The third-order valence-electron chi connectivity index (χ3n) is 6.83. The van der Waals surface area contributed by atoms with Crippen LogP contribution in [0, 0.1) is 17.3 Å². The van der Waals surface area contributed by atoms with Gasteiger partial charge in [0.25, 0.3) is 0 Å². The molecule has 1 aromatic rings. The fraction of sp³-hybridized carbons (Fsp3) is 0.650. The number of aryl methyl sites for hydroxylation is 2. The standard InChI is InChI=1S/C20H24BrNO/c21-20-10-13-6-14(11-20)9-19(8-13,12-20)18(23)22-17-5-4-15-2-1-3-16(15)7-17/h4-5,7,13-14H,1-3,6,8-12H2,(H,22,23)/t13-,14+,19?,20?. The van der Waals surface area contributed by atoms with E-state index in [-0.39, 0.29) is 15.6 Å². The molecule has 1 N–H and O–H groups in total. The Hall–Kier alpha value is -0.830. The maximum atomic E-state index is 13.2. The highest BCUT2D eigenvalue weighted by Gasteiger charge is 2.59. The number of amides is 1. The van der Waals surface area contributed by atoms with Crippen molar-refractivity contribution in [2.45, 2.75) is 62.1 Å². The first-order chi connectivity index (χ1) is 11.0. The molecule has 3 heteroatoms. The number of benzene rings is 1. The fourth-order valence-corrected chi connectivity index (χ4v) is 7.78. The molecule has 0 aliphatic heterocycles. The smallest absolute Gasteiger partial charge is 0.230 e. The van der Waals surface area contributed by atoms with Crippen molar-refractivity contribution in [2.75, 3.05) is 5.32 Å². The number of alkyl halides is 1. The second-order valence-corrected chi connectivity index (χ2v) is 10.4. The minimum Gasteiger partial charge on any atom is -0.326 e. The summed E-state index contributed by atoms with van der Waals surface area (Å²) in [7, 11) is 0. The maximum Gasteiger partial charge on any atom is 0.230 e. The molecule has 0 spiro atoms. The molecule has 2 unspecified atom stereocenters. The highest BCUT2D eigenvalue weighted by molar-refractivity contribution is 9.10. The number of halogens is 1. The van der Waals surface area contributed by atoms with Crippen LogP contribution in [0.25, 0.3) is 0 Å². The van der Waals surface area contributed by atoms with E-state index < -0.39 is 0 Å². The number of rotatable bonds is 2. The molecule has 2 nitrogen and oxygen atoms in total. The molecule has 4 saturated carbocycles. The Bertz CT molecular complexity index is 668. The second-order valence-electron chi connectivity index (χ2n) is 8.68. The van der Waals surface area contributed by atoms with E-state index >= 15 is 0 Å². The largest absolute Gasteiger partial charge is 0.326 e. The van der Waals surface area contributed by atoms with E-state index in [1.807, 2.05) is 0 Å². The van der Waals surface area contributed by atoms with Crippen LogP contribution in [-0.4, -0.2) is 10.2 Å². The molecule has 0 aromatic heterocycles. The van der Waals surface area contributed by atoms with Crippen molar-refractivity contribution < 1.29 is 4.79 Å². The van der Waals surface area contributed by atoms with Gasteiger partial charge in [0.2, 0.25) is 5.91 Å². The van der Waals surface area contributed by atoms with Gasteiger partial charge in [0.05, 0.1) is 5.41 Å². The highest BCUT2D eigenvalue weighted by Crippen LogP contribution is 2.64. The summed E-state index contributed by atoms with van der Waals surface area (Å²) in [5.74, 6) is 1.79. The molecular weight excluding hydrogens is 350 g/mol. The van der Waals surface area contributed by atoms with E-state index in [1.165, 1.54) is 49.7 Å². The lowest BCUT2D eigenvalue weighted by Gasteiger charge is -2.59. The summed E-state index contributed by atoms with van der Waals surface area (Å²) in [6, 6.07) is 6.53. The van der Waals surface area contributed by atoms with E-state index in [0.29, 0.717) is 0 Å². The van der Waals surface area contributed by atoms with Crippen LogP contribution >= 0.6 is 15.9 Å². The zero-order valence-corrected chi connectivity index (χ0v) is 15.1. The van der Waals surface area contributed by atoms with Crippen LogP contribution < -0.4 is 5.32 Å². The average molecular weight is 374 g/mol. The van der Waals surface area contributed by atoms with Gasteiger partial charge in [-0.2, -0.15) is 0 Å². The minimum atomic E-state index is -0.118. The zero-order chi connectivity index (χ0) is 15.7. The predicted molar refractivity (Wildman–Crippen MR) is 95.9 cm³/mol. The quantitative estimate of drug-likeness (QED) is 0.737. The number of hydrogen-bond acceptors (Lipinski definition) is 1. The molecule has 6 rings (SSSR count). The number of hydrogen-bond donors (Lipinski definition) is 1. The topological polar surface area (TPSA) is 29.1 Å². The van der Waals surface area contributed by atoms with E-state index in [9.17, 15) is 4.79 Å². The Balaban J connectivity index is 1.40. The molecule has 1 amide bonds. The molecule has 122 valence electrons. The van der Waals surface area contributed by atoms with Crippen LogP contribution in [0.5, 0.6) is 0 Å². The molecule has 0 saturated heterocycles. The van der Waals surface area contributed by atoms with Gasteiger partial charge in [0.15, 0.2) is 0 Å². The first-order valence-electron chi connectivity index (χ1n) is 9.16. The summed E-state index contributed by atoms with van der Waals surface area (Å²) < 4.78 is 0.242. The van der Waals surface area contributed by atoms with Crippen molar-refractivity contribution in [1.29, 1.82) is 0 Å². The van der Waals surface area contributed by atoms with Crippen molar-refractivity contribution in [2.24, 2.45) is 17.3 Å². The summed E-state index contributed by atoms with van der Waals surface area (Å²) >= 11 is 4.01. The van der Waals surface area contributed by atoms with Gasteiger partial charge in [-0.25, -0.2) is 0 Å². The van der Waals surface area contributed by atoms with Crippen molar-refractivity contribution >= 4 is 27.5 Å². The van der Waals surface area contributed by atoms with Crippen LogP contribution in [0.15, 0.2) is 18.2 Å². The molecule has 5 aliphatic rings. The Morgan fingerprint density at radius 3 is 2.57 bits per heavy atom. The third-order valence-corrected chi connectivity index (χ3v) is 7.76. The first-order valence-corrected chi connectivity index (χ1v) is 9.95. The number of carbonyl (C=O) groups is 1. The van der Waals surface area contributed by atoms with E-state index in [0.717, 1.165) is 36.8 Å².